The summed E-state index contributed by atoms with van der Waals surface area (Å²) in [7, 11) is -3.83. The van der Waals surface area contributed by atoms with E-state index in [2.05, 4.69) is 0 Å². The van der Waals surface area contributed by atoms with Crippen molar-refractivity contribution in [3.05, 3.63) is 127 Å². The van der Waals surface area contributed by atoms with Crippen LogP contribution >= 0.6 is 0 Å². The monoisotopic (exact) mass is 535 g/mol. The Morgan fingerprint density at radius 1 is 0.769 bits per heavy atom. The molecule has 0 radical (unpaired) electrons. The van der Waals surface area contributed by atoms with Crippen molar-refractivity contribution >= 4 is 21.4 Å². The molecule has 8 nitrogen and oxygen atoms in total. The summed E-state index contributed by atoms with van der Waals surface area (Å²) in [5, 5.41) is 27.0. The third kappa shape index (κ3) is 4.93. The Labute approximate surface area is 226 Å². The van der Waals surface area contributed by atoms with Crippen LogP contribution in [0.3, 0.4) is 0 Å². The molecule has 0 bridgehead atoms. The van der Waals surface area contributed by atoms with Crippen molar-refractivity contribution in [3.8, 4) is 22.7 Å². The molecule has 4 aromatic carbocycles. The van der Waals surface area contributed by atoms with Gasteiger partial charge in [0.15, 0.2) is 0 Å². The van der Waals surface area contributed by atoms with E-state index in [4.69, 9.17) is 15.3 Å². The molecule has 39 heavy (non-hydrogen) atoms. The molecule has 1 aliphatic rings. The average Bonchev–Trinajstić information content (AvgIpc) is 3.59. The van der Waals surface area contributed by atoms with Crippen molar-refractivity contribution in [2.24, 2.45) is 10.2 Å². The first-order valence-corrected chi connectivity index (χ1v) is 13.9. The number of para-hydroxylation sites is 1. The highest BCUT2D eigenvalue weighted by atomic mass is 32.2. The number of rotatable bonds is 6. The minimum absolute atomic E-state index is 0.0339. The zero-order valence-corrected chi connectivity index (χ0v) is 21.6. The maximum atomic E-state index is 11.9. The largest absolute Gasteiger partial charge is 0.508 e. The number of hydrogen-bond donors (Lipinski definition) is 2. The first kappa shape index (κ1) is 24.6. The van der Waals surface area contributed by atoms with E-state index in [1.54, 1.807) is 24.3 Å². The fourth-order valence-corrected chi connectivity index (χ4v) is 5.29. The summed E-state index contributed by atoms with van der Waals surface area (Å²) >= 11 is 0. The molecule has 2 heterocycles. The number of anilines is 1. The Morgan fingerprint density at radius 3 is 2.05 bits per heavy atom. The standard InChI is InChI=1S/C30H25N5O3S/c31-39(37,38)26-17-13-24(14-18-26)35-29(19-28(32-35)21-11-15-25(36)16-12-21)27-20-34(23-9-5-2-6-10-23)33-30(27)22-7-3-1-4-8-22/h1-18,20,29,36H,19H2,(H2,31,37,38). The van der Waals surface area contributed by atoms with Crippen molar-refractivity contribution < 1.29 is 13.5 Å². The molecular formula is C30H25N5O3S. The quantitative estimate of drug-likeness (QED) is 0.308. The van der Waals surface area contributed by atoms with E-state index in [1.807, 2.05) is 88.7 Å². The van der Waals surface area contributed by atoms with E-state index in [9.17, 15) is 13.5 Å². The van der Waals surface area contributed by atoms with Gasteiger partial charge in [-0.2, -0.15) is 10.2 Å². The summed E-state index contributed by atoms with van der Waals surface area (Å²) in [5.74, 6) is 0.180. The molecule has 0 spiro atoms. The van der Waals surface area contributed by atoms with Gasteiger partial charge in [0, 0.05) is 23.7 Å². The number of hydrogen-bond acceptors (Lipinski definition) is 6. The molecule has 0 aliphatic carbocycles. The van der Waals surface area contributed by atoms with E-state index in [-0.39, 0.29) is 16.7 Å². The highest BCUT2D eigenvalue weighted by Gasteiger charge is 2.33. The first-order chi connectivity index (χ1) is 18.9. The second-order valence-corrected chi connectivity index (χ2v) is 10.8. The van der Waals surface area contributed by atoms with Gasteiger partial charge in [-0.25, -0.2) is 18.2 Å². The predicted octanol–water partition coefficient (Wildman–Crippen LogP) is 5.25. The van der Waals surface area contributed by atoms with Crippen molar-refractivity contribution in [3.63, 3.8) is 0 Å². The third-order valence-electron chi connectivity index (χ3n) is 6.71. The molecule has 1 aromatic heterocycles. The molecule has 6 rings (SSSR count). The van der Waals surface area contributed by atoms with Gasteiger partial charge in [-0.3, -0.25) is 5.01 Å². The number of primary sulfonamides is 1. The smallest absolute Gasteiger partial charge is 0.238 e. The number of nitrogens with zero attached hydrogens (tertiary/aromatic N) is 4. The number of benzene rings is 4. The summed E-state index contributed by atoms with van der Waals surface area (Å²) in [4.78, 5) is 0.0339. The van der Waals surface area contributed by atoms with Gasteiger partial charge in [0.2, 0.25) is 10.0 Å². The molecular weight excluding hydrogens is 510 g/mol. The number of phenols is 1. The van der Waals surface area contributed by atoms with Crippen molar-refractivity contribution in [1.82, 2.24) is 9.78 Å². The van der Waals surface area contributed by atoms with Gasteiger partial charge in [0.1, 0.15) is 5.75 Å². The molecule has 1 atom stereocenters. The van der Waals surface area contributed by atoms with E-state index in [0.717, 1.165) is 33.8 Å². The fourth-order valence-electron chi connectivity index (χ4n) is 4.77. The van der Waals surface area contributed by atoms with E-state index in [0.29, 0.717) is 12.1 Å². The summed E-state index contributed by atoms with van der Waals surface area (Å²) in [6.45, 7) is 0. The molecule has 194 valence electrons. The van der Waals surface area contributed by atoms with Gasteiger partial charge in [-0.15, -0.1) is 0 Å². The van der Waals surface area contributed by atoms with Crippen LogP contribution in [0.25, 0.3) is 16.9 Å². The molecule has 9 heteroatoms. The molecule has 0 saturated heterocycles. The van der Waals surface area contributed by atoms with Crippen molar-refractivity contribution in [2.45, 2.75) is 17.4 Å². The zero-order valence-electron chi connectivity index (χ0n) is 20.8. The van der Waals surface area contributed by atoms with Crippen LogP contribution in [-0.2, 0) is 10.0 Å². The van der Waals surface area contributed by atoms with Gasteiger partial charge in [0.25, 0.3) is 0 Å². The molecule has 5 aromatic rings. The van der Waals surface area contributed by atoms with Crippen LogP contribution < -0.4 is 10.1 Å². The van der Waals surface area contributed by atoms with Gasteiger partial charge in [-0.1, -0.05) is 48.5 Å². The Morgan fingerprint density at radius 2 is 1.41 bits per heavy atom. The number of nitrogens with two attached hydrogens (primary N) is 1. The van der Waals surface area contributed by atoms with Crippen LogP contribution in [-0.4, -0.2) is 29.0 Å². The van der Waals surface area contributed by atoms with E-state index < -0.39 is 10.0 Å². The van der Waals surface area contributed by atoms with Gasteiger partial charge in [0.05, 0.1) is 33.7 Å². The van der Waals surface area contributed by atoms with Crippen LogP contribution in [0.5, 0.6) is 5.75 Å². The van der Waals surface area contributed by atoms with Crippen LogP contribution in [0, 0.1) is 0 Å². The molecule has 3 N–H and O–H groups in total. The Hall–Kier alpha value is -4.73. The highest BCUT2D eigenvalue weighted by molar-refractivity contribution is 7.89. The van der Waals surface area contributed by atoms with Crippen LogP contribution in [0.4, 0.5) is 5.69 Å². The first-order valence-electron chi connectivity index (χ1n) is 12.4. The number of aromatic nitrogens is 2. The molecule has 0 fully saturated rings. The predicted molar refractivity (Wildman–Crippen MR) is 151 cm³/mol. The summed E-state index contributed by atoms with van der Waals surface area (Å²) in [6, 6.07) is 33.0. The van der Waals surface area contributed by atoms with Crippen LogP contribution in [0.15, 0.2) is 125 Å². The fraction of sp³-hybridized carbons (Fsp3) is 0.0667. The SMILES string of the molecule is NS(=O)(=O)c1ccc(N2N=C(c3ccc(O)cc3)CC2c2cn(-c3ccccc3)nc2-c2ccccc2)cc1. The maximum Gasteiger partial charge on any atom is 0.238 e. The second-order valence-electron chi connectivity index (χ2n) is 9.28. The Kier molecular flexibility index (Phi) is 6.22. The lowest BCUT2D eigenvalue weighted by Gasteiger charge is -2.24. The summed E-state index contributed by atoms with van der Waals surface area (Å²) in [5.41, 5.74) is 6.15. The number of phenolic OH excluding ortho intramolecular Hbond substituents is 1. The molecule has 1 unspecified atom stereocenters. The number of aromatic hydroxyl groups is 1. The molecule has 0 amide bonds. The lowest BCUT2D eigenvalue weighted by atomic mass is 9.96. The van der Waals surface area contributed by atoms with Gasteiger partial charge in [-0.05, 0) is 66.2 Å². The Balaban J connectivity index is 1.49. The lowest BCUT2D eigenvalue weighted by molar-refractivity contribution is 0.475. The number of hydrazone groups is 1. The van der Waals surface area contributed by atoms with Crippen LogP contribution in [0.2, 0.25) is 0 Å². The summed E-state index contributed by atoms with van der Waals surface area (Å²) in [6.07, 6.45) is 2.60. The van der Waals surface area contributed by atoms with Gasteiger partial charge < -0.3 is 5.11 Å². The second kappa shape index (κ2) is 9.86. The van der Waals surface area contributed by atoms with Gasteiger partial charge >= 0.3 is 0 Å². The minimum Gasteiger partial charge on any atom is -0.508 e. The summed E-state index contributed by atoms with van der Waals surface area (Å²) < 4.78 is 25.6. The minimum atomic E-state index is -3.83. The number of sulfonamides is 1. The van der Waals surface area contributed by atoms with Crippen molar-refractivity contribution in [1.29, 1.82) is 0 Å². The molecule has 0 saturated carbocycles. The topological polar surface area (TPSA) is 114 Å². The van der Waals surface area contributed by atoms with Crippen LogP contribution in [0.1, 0.15) is 23.6 Å². The van der Waals surface area contributed by atoms with Crippen molar-refractivity contribution in [2.75, 3.05) is 5.01 Å². The Bertz CT molecular complexity index is 1750. The zero-order chi connectivity index (χ0) is 27.0. The average molecular weight is 536 g/mol. The molecule has 1 aliphatic heterocycles. The highest BCUT2D eigenvalue weighted by Crippen LogP contribution is 2.41. The van der Waals surface area contributed by atoms with E-state index in [1.165, 1.54) is 12.1 Å². The third-order valence-corrected chi connectivity index (χ3v) is 7.64. The lowest BCUT2D eigenvalue weighted by Crippen LogP contribution is -2.19. The van der Waals surface area contributed by atoms with E-state index >= 15 is 0 Å². The normalized spacial score (nSPS) is 15.4. The maximum absolute atomic E-state index is 11.9.